The summed E-state index contributed by atoms with van der Waals surface area (Å²) in [6.07, 6.45) is -1.11. The Morgan fingerprint density at radius 3 is 3.00 bits per heavy atom. The molecular formula is C12H8FIN2O2. The van der Waals surface area contributed by atoms with Crippen LogP contribution in [0.15, 0.2) is 24.3 Å². The van der Waals surface area contributed by atoms with E-state index in [9.17, 15) is 9.18 Å². The Morgan fingerprint density at radius 1 is 1.61 bits per heavy atom. The maximum atomic E-state index is 12.9. The molecule has 1 aromatic carbocycles. The summed E-state index contributed by atoms with van der Waals surface area (Å²) in [5.74, 6) is 1.49. The minimum absolute atomic E-state index is 0.0323. The first-order valence-corrected chi connectivity index (χ1v) is 5.91. The molecule has 0 heterocycles. The molecule has 1 atom stereocenters. The summed E-state index contributed by atoms with van der Waals surface area (Å²) in [6, 6.07) is 6.92. The lowest BCUT2D eigenvalue weighted by Crippen LogP contribution is -2.36. The first-order valence-electron chi connectivity index (χ1n) is 4.83. The number of halogens is 2. The highest BCUT2D eigenvalue weighted by atomic mass is 127. The molecule has 0 radical (unpaired) electrons. The Labute approximate surface area is 117 Å². The van der Waals surface area contributed by atoms with Gasteiger partial charge in [0.05, 0.1) is 0 Å². The van der Waals surface area contributed by atoms with Gasteiger partial charge < -0.3 is 10.1 Å². The molecule has 4 nitrogen and oxygen atoms in total. The van der Waals surface area contributed by atoms with Crippen molar-refractivity contribution in [3.8, 4) is 15.9 Å². The third-order valence-electron chi connectivity index (χ3n) is 1.86. The van der Waals surface area contributed by atoms with Gasteiger partial charge in [0.15, 0.2) is 0 Å². The molecule has 0 bridgehead atoms. The SMILES string of the molecule is N#CC(NC(=O)c1cccc(F)c1)OCC#CI. The van der Waals surface area contributed by atoms with E-state index in [-0.39, 0.29) is 12.2 Å². The summed E-state index contributed by atoms with van der Waals surface area (Å²) in [5.41, 5.74) is 0.124. The van der Waals surface area contributed by atoms with E-state index in [2.05, 4.69) is 15.2 Å². The standard InChI is InChI=1S/C12H8FIN2O2/c13-10-4-1-3-9(7-10)12(17)16-11(8-15)18-6-2-5-14/h1,3-4,7,11H,6H2,(H,16,17). The Hall–Kier alpha value is -1.64. The molecule has 0 aliphatic carbocycles. The van der Waals surface area contributed by atoms with Gasteiger partial charge in [0.25, 0.3) is 5.91 Å². The number of nitrogens with one attached hydrogen (secondary N) is 1. The van der Waals surface area contributed by atoms with Gasteiger partial charge in [-0.1, -0.05) is 12.0 Å². The van der Waals surface area contributed by atoms with Crippen molar-refractivity contribution in [3.63, 3.8) is 0 Å². The van der Waals surface area contributed by atoms with Crippen LogP contribution in [0, 0.1) is 27.0 Å². The number of amides is 1. The van der Waals surface area contributed by atoms with E-state index in [1.165, 1.54) is 18.2 Å². The molecule has 1 unspecified atom stereocenters. The predicted octanol–water partition coefficient (Wildman–Crippen LogP) is 1.82. The van der Waals surface area contributed by atoms with Gasteiger partial charge in [-0.2, -0.15) is 5.26 Å². The average Bonchev–Trinajstić information content (AvgIpc) is 2.37. The lowest BCUT2D eigenvalue weighted by molar-refractivity contribution is 0.0684. The smallest absolute Gasteiger partial charge is 0.254 e. The lowest BCUT2D eigenvalue weighted by atomic mass is 10.2. The first-order chi connectivity index (χ1) is 8.67. The van der Waals surface area contributed by atoms with Gasteiger partial charge in [-0.3, -0.25) is 4.79 Å². The molecule has 0 aliphatic rings. The zero-order chi connectivity index (χ0) is 13.4. The summed E-state index contributed by atoms with van der Waals surface area (Å²) in [6.45, 7) is 0.0323. The lowest BCUT2D eigenvalue weighted by Gasteiger charge is -2.10. The molecule has 0 aliphatic heterocycles. The van der Waals surface area contributed by atoms with E-state index >= 15 is 0 Å². The van der Waals surface area contributed by atoms with E-state index in [1.54, 1.807) is 6.07 Å². The number of rotatable bonds is 4. The highest BCUT2D eigenvalue weighted by Crippen LogP contribution is 2.03. The Kier molecular flexibility index (Phi) is 6.12. The molecule has 1 aromatic rings. The van der Waals surface area contributed by atoms with Gasteiger partial charge in [-0.05, 0) is 22.1 Å². The van der Waals surface area contributed by atoms with Gasteiger partial charge in [-0.25, -0.2) is 4.39 Å². The summed E-state index contributed by atoms with van der Waals surface area (Å²) in [4.78, 5) is 11.7. The normalized spacial score (nSPS) is 10.7. The van der Waals surface area contributed by atoms with Crippen molar-refractivity contribution >= 4 is 28.5 Å². The Morgan fingerprint density at radius 2 is 2.39 bits per heavy atom. The highest BCUT2D eigenvalue weighted by molar-refractivity contribution is 14.1. The van der Waals surface area contributed by atoms with Crippen molar-refractivity contribution < 1.29 is 13.9 Å². The van der Waals surface area contributed by atoms with Gasteiger partial charge in [-0.15, -0.1) is 0 Å². The van der Waals surface area contributed by atoms with E-state index in [0.29, 0.717) is 0 Å². The largest absolute Gasteiger partial charge is 0.332 e. The third-order valence-corrected chi connectivity index (χ3v) is 2.24. The monoisotopic (exact) mass is 358 g/mol. The van der Waals surface area contributed by atoms with Gasteiger partial charge in [0, 0.05) is 28.2 Å². The summed E-state index contributed by atoms with van der Waals surface area (Å²) in [7, 11) is 0. The van der Waals surface area contributed by atoms with Crippen LogP contribution in [0.25, 0.3) is 0 Å². The molecule has 6 heteroatoms. The van der Waals surface area contributed by atoms with E-state index < -0.39 is 18.0 Å². The number of carbonyl (C=O) groups is 1. The van der Waals surface area contributed by atoms with E-state index in [0.717, 1.165) is 6.07 Å². The highest BCUT2D eigenvalue weighted by Gasteiger charge is 2.13. The van der Waals surface area contributed by atoms with E-state index in [1.807, 2.05) is 22.6 Å². The molecule has 0 fully saturated rings. The second kappa shape index (κ2) is 7.64. The maximum absolute atomic E-state index is 12.9. The van der Waals surface area contributed by atoms with Gasteiger partial charge in [0.2, 0.25) is 6.23 Å². The molecule has 1 N–H and O–H groups in total. The predicted molar refractivity (Wildman–Crippen MR) is 71.0 cm³/mol. The van der Waals surface area contributed by atoms with Crippen LogP contribution < -0.4 is 5.32 Å². The van der Waals surface area contributed by atoms with Crippen molar-refractivity contribution in [1.29, 1.82) is 5.26 Å². The molecular weight excluding hydrogens is 350 g/mol. The quantitative estimate of drug-likeness (QED) is 0.508. The second-order valence-electron chi connectivity index (χ2n) is 3.08. The minimum Gasteiger partial charge on any atom is -0.332 e. The van der Waals surface area contributed by atoms with Crippen LogP contribution in [0.1, 0.15) is 10.4 Å². The van der Waals surface area contributed by atoms with Crippen LogP contribution >= 0.6 is 22.6 Å². The second-order valence-corrected chi connectivity index (χ2v) is 3.61. The molecule has 0 saturated carbocycles. The fourth-order valence-electron chi connectivity index (χ4n) is 1.10. The van der Waals surface area contributed by atoms with Gasteiger partial charge in [0.1, 0.15) is 18.5 Å². The average molecular weight is 358 g/mol. The van der Waals surface area contributed by atoms with Crippen LogP contribution in [-0.2, 0) is 4.74 Å². The van der Waals surface area contributed by atoms with Crippen LogP contribution in [-0.4, -0.2) is 18.7 Å². The fraction of sp³-hybridized carbons (Fsp3) is 0.167. The molecule has 0 spiro atoms. The molecule has 0 aromatic heterocycles. The number of hydrogen-bond acceptors (Lipinski definition) is 3. The number of benzene rings is 1. The topological polar surface area (TPSA) is 62.1 Å². The summed E-state index contributed by atoms with van der Waals surface area (Å²) < 4.78 is 20.5. The number of carbonyl (C=O) groups excluding carboxylic acids is 1. The van der Waals surface area contributed by atoms with Crippen LogP contribution in [0.5, 0.6) is 0 Å². The summed E-state index contributed by atoms with van der Waals surface area (Å²) in [5, 5.41) is 11.1. The Balaban J connectivity index is 2.62. The van der Waals surface area contributed by atoms with Crippen molar-refractivity contribution in [2.75, 3.05) is 6.61 Å². The zero-order valence-electron chi connectivity index (χ0n) is 9.11. The van der Waals surface area contributed by atoms with Crippen LogP contribution in [0.2, 0.25) is 0 Å². The number of ether oxygens (including phenoxy) is 1. The van der Waals surface area contributed by atoms with Crippen molar-refractivity contribution in [3.05, 3.63) is 35.6 Å². The fourth-order valence-corrected chi connectivity index (χ4v) is 1.25. The number of hydrogen-bond donors (Lipinski definition) is 1. The van der Waals surface area contributed by atoms with Crippen molar-refractivity contribution in [2.45, 2.75) is 6.23 Å². The number of nitrogens with zero attached hydrogens (tertiary/aromatic N) is 1. The zero-order valence-corrected chi connectivity index (χ0v) is 11.3. The van der Waals surface area contributed by atoms with E-state index in [4.69, 9.17) is 10.00 Å². The molecule has 92 valence electrons. The Bertz CT molecular complexity index is 531. The number of nitriles is 1. The molecule has 1 amide bonds. The van der Waals surface area contributed by atoms with Crippen LogP contribution in [0.4, 0.5) is 4.39 Å². The van der Waals surface area contributed by atoms with Crippen molar-refractivity contribution in [2.24, 2.45) is 0 Å². The molecule has 18 heavy (non-hydrogen) atoms. The maximum Gasteiger partial charge on any atom is 0.254 e. The summed E-state index contributed by atoms with van der Waals surface area (Å²) >= 11 is 1.83. The molecule has 1 rings (SSSR count). The minimum atomic E-state index is -1.11. The first kappa shape index (κ1) is 14.4. The third kappa shape index (κ3) is 4.70. The van der Waals surface area contributed by atoms with Crippen LogP contribution in [0.3, 0.4) is 0 Å². The molecule has 0 saturated heterocycles. The van der Waals surface area contributed by atoms with Gasteiger partial charge >= 0.3 is 0 Å². The van der Waals surface area contributed by atoms with Crippen molar-refractivity contribution in [1.82, 2.24) is 5.32 Å².